The molecule has 1 atom stereocenters. The van der Waals surface area contributed by atoms with Crippen molar-refractivity contribution in [1.82, 2.24) is 4.57 Å². The van der Waals surface area contributed by atoms with Crippen LogP contribution >= 0.6 is 11.3 Å². The Morgan fingerprint density at radius 3 is 2.27 bits per heavy atom. The quantitative estimate of drug-likeness (QED) is 0.291. The lowest BCUT2D eigenvalue weighted by molar-refractivity contribution is 0.414. The first-order valence-corrected chi connectivity index (χ1v) is 14.2. The zero-order valence-corrected chi connectivity index (χ0v) is 23.4. The van der Waals surface area contributed by atoms with Crippen LogP contribution in [0.5, 0.6) is 11.5 Å². The fourth-order valence-corrected chi connectivity index (χ4v) is 6.32. The highest BCUT2D eigenvalue weighted by molar-refractivity contribution is 7.07. The van der Waals surface area contributed by atoms with E-state index in [4.69, 9.17) is 14.5 Å². The third kappa shape index (κ3) is 5.10. The maximum absolute atomic E-state index is 13.8. The van der Waals surface area contributed by atoms with Gasteiger partial charge in [-0.05, 0) is 83.5 Å². The number of thiazole rings is 1. The molecule has 6 rings (SSSR count). The molecule has 1 aliphatic carbocycles. The van der Waals surface area contributed by atoms with Gasteiger partial charge in [0.05, 0.1) is 30.5 Å². The Bertz CT molecular complexity index is 1790. The molecule has 0 unspecified atom stereocenters. The molecule has 6 heteroatoms. The SMILES string of the molecule is COc1ccc(/C=C2/CCCC3=C2N=c2sc(=C/C=C/c4ccccc4)c(=O)n2[C@@H]3c2ccc(OC)cc2)cc1. The van der Waals surface area contributed by atoms with Crippen LogP contribution in [0.25, 0.3) is 18.2 Å². The summed E-state index contributed by atoms with van der Waals surface area (Å²) in [5.74, 6) is 1.63. The van der Waals surface area contributed by atoms with Crippen molar-refractivity contribution in [1.29, 1.82) is 0 Å². The first-order chi connectivity index (χ1) is 19.6. The second kappa shape index (κ2) is 11.4. The molecule has 4 aromatic rings. The second-order valence-corrected chi connectivity index (χ2v) is 10.8. The fourth-order valence-electron chi connectivity index (χ4n) is 5.37. The Morgan fingerprint density at radius 2 is 1.57 bits per heavy atom. The van der Waals surface area contributed by atoms with Crippen molar-refractivity contribution in [3.63, 3.8) is 0 Å². The van der Waals surface area contributed by atoms with Gasteiger partial charge in [0.15, 0.2) is 4.80 Å². The highest BCUT2D eigenvalue weighted by Crippen LogP contribution is 2.41. The number of methoxy groups -OCH3 is 2. The van der Waals surface area contributed by atoms with E-state index in [0.29, 0.717) is 4.53 Å². The third-order valence-corrected chi connectivity index (χ3v) is 8.36. The first-order valence-electron chi connectivity index (χ1n) is 13.4. The minimum Gasteiger partial charge on any atom is -0.497 e. The lowest BCUT2D eigenvalue weighted by atomic mass is 9.84. The Labute approximate surface area is 237 Å². The van der Waals surface area contributed by atoms with Gasteiger partial charge in [-0.1, -0.05) is 78.1 Å². The van der Waals surface area contributed by atoms with Crippen molar-refractivity contribution in [3.8, 4) is 11.5 Å². The number of benzene rings is 3. The summed E-state index contributed by atoms with van der Waals surface area (Å²) in [4.78, 5) is 19.7. The molecular formula is C34H30N2O3S. The van der Waals surface area contributed by atoms with Crippen LogP contribution in [0.4, 0.5) is 0 Å². The number of fused-ring (bicyclic) bond motifs is 1. The van der Waals surface area contributed by atoms with E-state index in [0.717, 1.165) is 58.0 Å². The van der Waals surface area contributed by atoms with Crippen LogP contribution in [-0.2, 0) is 0 Å². The Kier molecular flexibility index (Phi) is 7.34. The molecule has 0 saturated carbocycles. The lowest BCUT2D eigenvalue weighted by Crippen LogP contribution is -2.38. The smallest absolute Gasteiger partial charge is 0.271 e. The predicted octanol–water partition coefficient (Wildman–Crippen LogP) is 6.17. The number of nitrogens with zero attached hydrogens (tertiary/aromatic N) is 2. The molecular weight excluding hydrogens is 516 g/mol. The van der Waals surface area contributed by atoms with Crippen molar-refractivity contribution >= 4 is 29.6 Å². The van der Waals surface area contributed by atoms with Gasteiger partial charge >= 0.3 is 0 Å². The zero-order valence-electron chi connectivity index (χ0n) is 22.5. The summed E-state index contributed by atoms with van der Waals surface area (Å²) in [6, 6.07) is 26.0. The molecule has 40 heavy (non-hydrogen) atoms. The Morgan fingerprint density at radius 1 is 0.875 bits per heavy atom. The van der Waals surface area contributed by atoms with Crippen LogP contribution in [0.15, 0.2) is 112 Å². The molecule has 200 valence electrons. The molecule has 5 nitrogen and oxygen atoms in total. The number of hydrogen-bond donors (Lipinski definition) is 0. The van der Waals surface area contributed by atoms with Crippen molar-refractivity contribution in [2.24, 2.45) is 4.99 Å². The summed E-state index contributed by atoms with van der Waals surface area (Å²) in [6.45, 7) is 0. The minimum absolute atomic E-state index is 0.0138. The molecule has 0 bridgehead atoms. The van der Waals surface area contributed by atoms with E-state index in [1.807, 2.05) is 77.4 Å². The van der Waals surface area contributed by atoms with E-state index in [-0.39, 0.29) is 11.6 Å². The molecule has 0 spiro atoms. The van der Waals surface area contributed by atoms with E-state index in [2.05, 4.69) is 30.3 Å². The monoisotopic (exact) mass is 546 g/mol. The lowest BCUT2D eigenvalue weighted by Gasteiger charge is -2.31. The summed E-state index contributed by atoms with van der Waals surface area (Å²) >= 11 is 1.45. The number of rotatable bonds is 6. The number of ether oxygens (including phenoxy) is 2. The van der Waals surface area contributed by atoms with Crippen LogP contribution in [0.2, 0.25) is 0 Å². The standard InChI is InChI=1S/C34H30N2O3S/c1-38-27-18-14-24(15-19-27)22-26-11-7-12-29-31(26)35-34-36(32(29)25-16-20-28(39-2)21-17-25)33(37)30(40-34)13-6-10-23-8-4-3-5-9-23/h3-6,8-10,13-22,32H,7,11-12H2,1-2H3/b10-6+,26-22-,30-13?/t32-/m1/s1. The maximum Gasteiger partial charge on any atom is 0.271 e. The maximum atomic E-state index is 13.8. The Hall–Kier alpha value is -4.42. The second-order valence-electron chi connectivity index (χ2n) is 9.82. The van der Waals surface area contributed by atoms with Gasteiger partial charge in [0, 0.05) is 0 Å². The van der Waals surface area contributed by atoms with E-state index >= 15 is 0 Å². The molecule has 0 N–H and O–H groups in total. The van der Waals surface area contributed by atoms with Gasteiger partial charge in [0.1, 0.15) is 11.5 Å². The summed E-state index contributed by atoms with van der Waals surface area (Å²) in [7, 11) is 3.34. The highest BCUT2D eigenvalue weighted by atomic mass is 32.1. The molecule has 0 radical (unpaired) electrons. The van der Waals surface area contributed by atoms with Crippen LogP contribution in [0, 0.1) is 0 Å². The summed E-state index contributed by atoms with van der Waals surface area (Å²) in [5, 5.41) is 0. The van der Waals surface area contributed by atoms with E-state index in [1.54, 1.807) is 14.2 Å². The van der Waals surface area contributed by atoms with Crippen molar-refractivity contribution < 1.29 is 9.47 Å². The van der Waals surface area contributed by atoms with Gasteiger partial charge < -0.3 is 9.47 Å². The summed E-state index contributed by atoms with van der Waals surface area (Å²) in [6.07, 6.45) is 10.9. The molecule has 1 aromatic heterocycles. The zero-order chi connectivity index (χ0) is 27.5. The molecule has 2 aliphatic rings. The average molecular weight is 547 g/mol. The van der Waals surface area contributed by atoms with Crippen molar-refractivity contribution in [3.05, 3.63) is 138 Å². The van der Waals surface area contributed by atoms with Crippen LogP contribution < -0.4 is 24.4 Å². The molecule has 2 heterocycles. The van der Waals surface area contributed by atoms with Gasteiger partial charge in [0.25, 0.3) is 5.56 Å². The van der Waals surface area contributed by atoms with E-state index in [1.165, 1.54) is 22.5 Å². The van der Waals surface area contributed by atoms with Gasteiger partial charge in [0.2, 0.25) is 0 Å². The third-order valence-electron chi connectivity index (χ3n) is 7.36. The molecule has 0 amide bonds. The van der Waals surface area contributed by atoms with E-state index < -0.39 is 0 Å². The van der Waals surface area contributed by atoms with Crippen LogP contribution in [0.3, 0.4) is 0 Å². The number of aromatic nitrogens is 1. The largest absolute Gasteiger partial charge is 0.497 e. The number of allylic oxidation sites excluding steroid dienone is 3. The normalized spacial score (nSPS) is 18.0. The predicted molar refractivity (Wildman–Crippen MR) is 162 cm³/mol. The molecule has 1 aliphatic heterocycles. The van der Waals surface area contributed by atoms with Crippen molar-refractivity contribution in [2.75, 3.05) is 14.2 Å². The fraction of sp³-hybridized carbons (Fsp3) is 0.176. The van der Waals surface area contributed by atoms with Crippen LogP contribution in [-0.4, -0.2) is 18.8 Å². The first kappa shape index (κ1) is 25.8. The molecule has 0 fully saturated rings. The highest BCUT2D eigenvalue weighted by Gasteiger charge is 2.32. The minimum atomic E-state index is -0.211. The van der Waals surface area contributed by atoms with Gasteiger partial charge in [-0.2, -0.15) is 0 Å². The van der Waals surface area contributed by atoms with Gasteiger partial charge in [-0.15, -0.1) is 0 Å². The van der Waals surface area contributed by atoms with Crippen molar-refractivity contribution in [2.45, 2.75) is 25.3 Å². The van der Waals surface area contributed by atoms with Gasteiger partial charge in [-0.3, -0.25) is 9.36 Å². The summed E-state index contributed by atoms with van der Waals surface area (Å²) < 4.78 is 13.3. The average Bonchev–Trinajstić information content (AvgIpc) is 3.32. The number of hydrogen-bond acceptors (Lipinski definition) is 5. The molecule has 3 aromatic carbocycles. The van der Waals surface area contributed by atoms with E-state index in [9.17, 15) is 4.79 Å². The van der Waals surface area contributed by atoms with Crippen LogP contribution in [0.1, 0.15) is 42.0 Å². The molecule has 0 saturated heterocycles. The topological polar surface area (TPSA) is 52.8 Å². The van der Waals surface area contributed by atoms with Gasteiger partial charge in [-0.25, -0.2) is 4.99 Å². The summed E-state index contributed by atoms with van der Waals surface area (Å²) in [5.41, 5.74) is 6.64. The Balaban J connectivity index is 1.49.